The van der Waals surface area contributed by atoms with Crippen molar-refractivity contribution >= 4 is 38.4 Å². The molecule has 0 unspecified atom stereocenters. The Balaban J connectivity index is 1.71. The first-order chi connectivity index (χ1) is 11.5. The smallest absolute Gasteiger partial charge is 0.262 e. The standard InChI is InChI=1S/C18H16BrN3O2/c1-11-5-12(2)7-14(6-11)22-17(23)9-24-18-15-8-13(19)3-4-16(15)20-10-21-18/h3-8,10H,9H2,1-2H3,(H,22,23). The van der Waals surface area contributed by atoms with Gasteiger partial charge in [0.2, 0.25) is 5.88 Å². The van der Waals surface area contributed by atoms with Gasteiger partial charge < -0.3 is 10.1 Å². The Morgan fingerprint density at radius 2 is 1.88 bits per heavy atom. The van der Waals surface area contributed by atoms with Crippen LogP contribution in [0.5, 0.6) is 5.88 Å². The second-order valence-electron chi connectivity index (χ2n) is 5.55. The number of halogens is 1. The molecule has 1 aromatic heterocycles. The molecule has 2 aromatic carbocycles. The number of nitrogens with zero attached hydrogens (tertiary/aromatic N) is 2. The number of fused-ring (bicyclic) bond motifs is 1. The molecule has 1 amide bonds. The van der Waals surface area contributed by atoms with Crippen LogP contribution in [0.1, 0.15) is 11.1 Å². The van der Waals surface area contributed by atoms with Crippen LogP contribution in [0, 0.1) is 13.8 Å². The molecule has 3 aromatic rings. The van der Waals surface area contributed by atoms with E-state index in [2.05, 4.69) is 37.3 Å². The Labute approximate surface area is 148 Å². The minimum Gasteiger partial charge on any atom is -0.467 e. The molecule has 3 rings (SSSR count). The molecule has 0 fully saturated rings. The maximum absolute atomic E-state index is 12.1. The first kappa shape index (κ1) is 16.4. The number of carbonyl (C=O) groups is 1. The van der Waals surface area contributed by atoms with E-state index >= 15 is 0 Å². The summed E-state index contributed by atoms with van der Waals surface area (Å²) in [6, 6.07) is 11.5. The largest absolute Gasteiger partial charge is 0.467 e. The Morgan fingerprint density at radius 3 is 2.62 bits per heavy atom. The molecule has 0 saturated heterocycles. The van der Waals surface area contributed by atoms with Crippen LogP contribution in [0.25, 0.3) is 10.9 Å². The van der Waals surface area contributed by atoms with E-state index in [1.807, 2.05) is 44.2 Å². The first-order valence-corrected chi connectivity index (χ1v) is 8.22. The number of benzene rings is 2. The molecule has 1 N–H and O–H groups in total. The summed E-state index contributed by atoms with van der Waals surface area (Å²) in [4.78, 5) is 20.4. The summed E-state index contributed by atoms with van der Waals surface area (Å²) >= 11 is 3.41. The molecule has 1 heterocycles. The summed E-state index contributed by atoms with van der Waals surface area (Å²) in [6.07, 6.45) is 1.42. The van der Waals surface area contributed by atoms with Gasteiger partial charge in [-0.05, 0) is 55.3 Å². The first-order valence-electron chi connectivity index (χ1n) is 7.42. The summed E-state index contributed by atoms with van der Waals surface area (Å²) in [6.45, 7) is 3.86. The Morgan fingerprint density at radius 1 is 1.12 bits per heavy atom. The van der Waals surface area contributed by atoms with Crippen molar-refractivity contribution in [2.45, 2.75) is 13.8 Å². The van der Waals surface area contributed by atoms with Crippen molar-refractivity contribution in [3.63, 3.8) is 0 Å². The van der Waals surface area contributed by atoms with Crippen molar-refractivity contribution in [3.8, 4) is 5.88 Å². The fourth-order valence-corrected chi connectivity index (χ4v) is 2.86. The second kappa shape index (κ2) is 6.97. The van der Waals surface area contributed by atoms with E-state index in [-0.39, 0.29) is 12.5 Å². The average molecular weight is 386 g/mol. The number of aromatic nitrogens is 2. The fraction of sp³-hybridized carbons (Fsp3) is 0.167. The van der Waals surface area contributed by atoms with Crippen LogP contribution < -0.4 is 10.1 Å². The van der Waals surface area contributed by atoms with E-state index in [4.69, 9.17) is 4.74 Å². The van der Waals surface area contributed by atoms with E-state index < -0.39 is 0 Å². The van der Waals surface area contributed by atoms with E-state index in [1.165, 1.54) is 6.33 Å². The topological polar surface area (TPSA) is 64.1 Å². The molecule has 0 atom stereocenters. The molecule has 24 heavy (non-hydrogen) atoms. The summed E-state index contributed by atoms with van der Waals surface area (Å²) in [5.41, 5.74) is 3.71. The number of hydrogen-bond acceptors (Lipinski definition) is 4. The number of hydrogen-bond donors (Lipinski definition) is 1. The third-order valence-electron chi connectivity index (χ3n) is 3.41. The van der Waals surface area contributed by atoms with Crippen LogP contribution in [-0.4, -0.2) is 22.5 Å². The minimum atomic E-state index is -0.234. The Bertz CT molecular complexity index is 892. The van der Waals surface area contributed by atoms with E-state index in [9.17, 15) is 4.79 Å². The third-order valence-corrected chi connectivity index (χ3v) is 3.90. The van der Waals surface area contributed by atoms with Crippen LogP contribution in [0.15, 0.2) is 47.2 Å². The minimum absolute atomic E-state index is 0.119. The molecule has 0 saturated carbocycles. The van der Waals surface area contributed by atoms with Gasteiger partial charge in [0.15, 0.2) is 6.61 Å². The zero-order valence-electron chi connectivity index (χ0n) is 13.3. The van der Waals surface area contributed by atoms with Crippen LogP contribution in [0.4, 0.5) is 5.69 Å². The van der Waals surface area contributed by atoms with Crippen LogP contribution in [-0.2, 0) is 4.79 Å². The number of carbonyl (C=O) groups excluding carboxylic acids is 1. The van der Waals surface area contributed by atoms with Crippen molar-refractivity contribution in [1.29, 1.82) is 0 Å². The van der Waals surface area contributed by atoms with E-state index in [0.717, 1.165) is 32.2 Å². The summed E-state index contributed by atoms with van der Waals surface area (Å²) in [7, 11) is 0. The quantitative estimate of drug-likeness (QED) is 0.736. The van der Waals surface area contributed by atoms with Gasteiger partial charge in [-0.25, -0.2) is 9.97 Å². The number of amides is 1. The van der Waals surface area contributed by atoms with Gasteiger partial charge in [0.05, 0.1) is 10.9 Å². The van der Waals surface area contributed by atoms with Crippen LogP contribution in [0.3, 0.4) is 0 Å². The number of aryl methyl sites for hydroxylation is 2. The van der Waals surface area contributed by atoms with Gasteiger partial charge in [-0.3, -0.25) is 4.79 Å². The molecule has 0 aliphatic carbocycles. The zero-order chi connectivity index (χ0) is 17.1. The average Bonchev–Trinajstić information content (AvgIpc) is 2.52. The SMILES string of the molecule is Cc1cc(C)cc(NC(=O)COc2ncnc3ccc(Br)cc23)c1. The zero-order valence-corrected chi connectivity index (χ0v) is 14.9. The van der Waals surface area contributed by atoms with Gasteiger partial charge >= 0.3 is 0 Å². The van der Waals surface area contributed by atoms with Crippen LogP contribution >= 0.6 is 15.9 Å². The molecule has 0 spiro atoms. The summed E-state index contributed by atoms with van der Waals surface area (Å²) < 4.78 is 6.48. The molecule has 0 aliphatic heterocycles. The Hall–Kier alpha value is -2.47. The molecule has 122 valence electrons. The van der Waals surface area contributed by atoms with Crippen molar-refractivity contribution in [2.24, 2.45) is 0 Å². The fourth-order valence-electron chi connectivity index (χ4n) is 2.50. The lowest BCUT2D eigenvalue weighted by Gasteiger charge is -2.10. The van der Waals surface area contributed by atoms with Crippen molar-refractivity contribution in [1.82, 2.24) is 9.97 Å². The normalized spacial score (nSPS) is 10.6. The lowest BCUT2D eigenvalue weighted by atomic mass is 10.1. The molecular weight excluding hydrogens is 370 g/mol. The molecular formula is C18H16BrN3O2. The van der Waals surface area contributed by atoms with Gasteiger partial charge in [-0.2, -0.15) is 0 Å². The molecule has 5 nitrogen and oxygen atoms in total. The van der Waals surface area contributed by atoms with E-state index in [1.54, 1.807) is 0 Å². The lowest BCUT2D eigenvalue weighted by molar-refractivity contribution is -0.118. The van der Waals surface area contributed by atoms with Gasteiger partial charge in [0.25, 0.3) is 5.91 Å². The van der Waals surface area contributed by atoms with Gasteiger partial charge in [0.1, 0.15) is 6.33 Å². The van der Waals surface area contributed by atoms with Crippen LogP contribution in [0.2, 0.25) is 0 Å². The summed E-state index contributed by atoms with van der Waals surface area (Å²) in [5, 5.41) is 3.59. The van der Waals surface area contributed by atoms with Gasteiger partial charge in [-0.15, -0.1) is 0 Å². The highest BCUT2D eigenvalue weighted by atomic mass is 79.9. The maximum Gasteiger partial charge on any atom is 0.262 e. The van der Waals surface area contributed by atoms with Crippen molar-refractivity contribution in [2.75, 3.05) is 11.9 Å². The molecule has 0 aliphatic rings. The predicted molar refractivity (Wildman–Crippen MR) is 97.3 cm³/mol. The number of ether oxygens (including phenoxy) is 1. The van der Waals surface area contributed by atoms with Gasteiger partial charge in [-0.1, -0.05) is 22.0 Å². The maximum atomic E-state index is 12.1. The number of rotatable bonds is 4. The van der Waals surface area contributed by atoms with Crippen molar-refractivity contribution < 1.29 is 9.53 Å². The highest BCUT2D eigenvalue weighted by molar-refractivity contribution is 9.10. The highest BCUT2D eigenvalue weighted by Crippen LogP contribution is 2.24. The Kier molecular flexibility index (Phi) is 4.76. The number of nitrogens with one attached hydrogen (secondary N) is 1. The van der Waals surface area contributed by atoms with Crippen molar-refractivity contribution in [3.05, 3.63) is 58.3 Å². The molecule has 6 heteroatoms. The predicted octanol–water partition coefficient (Wildman–Crippen LogP) is 4.03. The summed E-state index contributed by atoms with van der Waals surface area (Å²) in [5.74, 6) is 0.152. The molecule has 0 bridgehead atoms. The van der Waals surface area contributed by atoms with Gasteiger partial charge in [0, 0.05) is 10.2 Å². The molecule has 0 radical (unpaired) electrons. The monoisotopic (exact) mass is 385 g/mol. The second-order valence-corrected chi connectivity index (χ2v) is 6.47. The lowest BCUT2D eigenvalue weighted by Crippen LogP contribution is -2.20. The highest BCUT2D eigenvalue weighted by Gasteiger charge is 2.09. The van der Waals surface area contributed by atoms with E-state index in [0.29, 0.717) is 5.88 Å². The third kappa shape index (κ3) is 3.89. The number of anilines is 1.